The van der Waals surface area contributed by atoms with Gasteiger partial charge in [-0.05, 0) is 56.8 Å². The van der Waals surface area contributed by atoms with Gasteiger partial charge in [-0.15, -0.1) is 0 Å². The molecule has 0 unspecified atom stereocenters. The van der Waals surface area contributed by atoms with E-state index in [0.29, 0.717) is 17.7 Å². The maximum absolute atomic E-state index is 12.4. The molecule has 0 saturated heterocycles. The van der Waals surface area contributed by atoms with E-state index in [4.69, 9.17) is 4.74 Å². The summed E-state index contributed by atoms with van der Waals surface area (Å²) < 4.78 is 6.44. The van der Waals surface area contributed by atoms with Crippen LogP contribution in [0, 0.1) is 0 Å². The molecule has 6 heteroatoms. The molecule has 5 nitrogen and oxygen atoms in total. The molecular weight excluding hydrogens is 408 g/mol. The average molecular weight is 431 g/mol. The van der Waals surface area contributed by atoms with Gasteiger partial charge in [0.2, 0.25) is 0 Å². The molecule has 0 N–H and O–H groups in total. The fraction of sp³-hybridized carbons (Fsp3) is 0.333. The Bertz CT molecular complexity index is 818. The molecule has 2 amide bonds. The molecule has 0 aromatic heterocycles. The molecule has 0 spiro atoms. The highest BCUT2D eigenvalue weighted by atomic mass is 79.9. The van der Waals surface area contributed by atoms with Gasteiger partial charge in [-0.2, -0.15) is 0 Å². The minimum atomic E-state index is -0.178. The maximum Gasteiger partial charge on any atom is 0.261 e. The Labute approximate surface area is 168 Å². The van der Waals surface area contributed by atoms with Crippen molar-refractivity contribution in [2.24, 2.45) is 0 Å². The fourth-order valence-electron chi connectivity index (χ4n) is 3.33. The highest BCUT2D eigenvalue weighted by Crippen LogP contribution is 2.25. The number of carbonyl (C=O) groups excluding carboxylic acids is 2. The molecule has 0 aliphatic carbocycles. The third-order valence-corrected chi connectivity index (χ3v) is 5.23. The van der Waals surface area contributed by atoms with E-state index in [-0.39, 0.29) is 11.8 Å². The van der Waals surface area contributed by atoms with Crippen molar-refractivity contribution in [3.05, 3.63) is 63.6 Å². The quantitative estimate of drug-likeness (QED) is 0.469. The lowest BCUT2D eigenvalue weighted by Crippen LogP contribution is -2.31. The Morgan fingerprint density at radius 1 is 1.04 bits per heavy atom. The Balaban J connectivity index is 1.48. The lowest BCUT2D eigenvalue weighted by atomic mass is 10.1. The van der Waals surface area contributed by atoms with E-state index in [1.54, 1.807) is 31.4 Å². The highest BCUT2D eigenvalue weighted by molar-refractivity contribution is 9.10. The zero-order chi connectivity index (χ0) is 19.4. The molecule has 3 rings (SSSR count). The van der Waals surface area contributed by atoms with Crippen LogP contribution in [0.5, 0.6) is 5.75 Å². The van der Waals surface area contributed by atoms with Crippen molar-refractivity contribution >= 4 is 27.7 Å². The van der Waals surface area contributed by atoms with Gasteiger partial charge < -0.3 is 9.64 Å². The van der Waals surface area contributed by atoms with Crippen molar-refractivity contribution in [2.45, 2.75) is 19.4 Å². The normalized spacial score (nSPS) is 13.4. The minimum absolute atomic E-state index is 0.178. The van der Waals surface area contributed by atoms with Crippen molar-refractivity contribution in [3.63, 3.8) is 0 Å². The largest absolute Gasteiger partial charge is 0.496 e. The third-order valence-electron chi connectivity index (χ3n) is 4.73. The van der Waals surface area contributed by atoms with Crippen LogP contribution in [0.25, 0.3) is 0 Å². The lowest BCUT2D eigenvalue weighted by molar-refractivity contribution is 0.0650. The standard InChI is InChI=1S/C21H23BrN2O3/c1-23(14-15-13-16(22)9-10-19(15)27-2)11-5-6-12-24-20(25)17-7-3-4-8-18(17)21(24)26/h3-4,7-10,13H,5-6,11-12,14H2,1-2H3. The summed E-state index contributed by atoms with van der Waals surface area (Å²) in [5, 5.41) is 0. The first-order chi connectivity index (χ1) is 13.0. The van der Waals surface area contributed by atoms with Crippen LogP contribution >= 0.6 is 15.9 Å². The molecule has 0 radical (unpaired) electrons. The molecule has 1 aliphatic heterocycles. The van der Waals surface area contributed by atoms with Crippen LogP contribution in [0.15, 0.2) is 46.9 Å². The number of imide groups is 1. The predicted molar refractivity (Wildman–Crippen MR) is 108 cm³/mol. The number of rotatable bonds is 8. The summed E-state index contributed by atoms with van der Waals surface area (Å²) in [4.78, 5) is 28.3. The smallest absolute Gasteiger partial charge is 0.261 e. The Hall–Kier alpha value is -2.18. The van der Waals surface area contributed by atoms with Gasteiger partial charge in [0.05, 0.1) is 18.2 Å². The van der Waals surface area contributed by atoms with Crippen LogP contribution in [-0.4, -0.2) is 48.9 Å². The molecule has 0 bridgehead atoms. The van der Waals surface area contributed by atoms with Crippen LogP contribution in [0.1, 0.15) is 39.1 Å². The van der Waals surface area contributed by atoms with Crippen molar-refractivity contribution < 1.29 is 14.3 Å². The number of hydrogen-bond acceptors (Lipinski definition) is 4. The molecule has 0 fully saturated rings. The zero-order valence-corrected chi connectivity index (χ0v) is 17.2. The molecule has 1 aliphatic rings. The summed E-state index contributed by atoms with van der Waals surface area (Å²) in [6.45, 7) is 2.11. The van der Waals surface area contributed by atoms with Crippen LogP contribution in [0.3, 0.4) is 0 Å². The molecular formula is C21H23BrN2O3. The number of ether oxygens (including phenoxy) is 1. The molecule has 0 saturated carbocycles. The van der Waals surface area contributed by atoms with Crippen LogP contribution in [0.2, 0.25) is 0 Å². The van der Waals surface area contributed by atoms with E-state index in [1.165, 1.54) is 4.90 Å². The van der Waals surface area contributed by atoms with Gasteiger partial charge in [0.1, 0.15) is 5.75 Å². The fourth-order valence-corrected chi connectivity index (χ4v) is 3.74. The Morgan fingerprint density at radius 3 is 2.33 bits per heavy atom. The third kappa shape index (κ3) is 4.39. The number of fused-ring (bicyclic) bond motifs is 1. The van der Waals surface area contributed by atoms with Gasteiger partial charge in [-0.3, -0.25) is 14.5 Å². The second kappa shape index (κ2) is 8.67. The Morgan fingerprint density at radius 2 is 1.70 bits per heavy atom. The van der Waals surface area contributed by atoms with E-state index < -0.39 is 0 Å². The summed E-state index contributed by atoms with van der Waals surface area (Å²) in [5.41, 5.74) is 2.15. The number of halogens is 1. The van der Waals surface area contributed by atoms with Gasteiger partial charge >= 0.3 is 0 Å². The monoisotopic (exact) mass is 430 g/mol. The first-order valence-electron chi connectivity index (χ1n) is 8.97. The van der Waals surface area contributed by atoms with E-state index in [0.717, 1.165) is 41.7 Å². The van der Waals surface area contributed by atoms with E-state index in [2.05, 4.69) is 33.9 Å². The van der Waals surface area contributed by atoms with E-state index in [1.807, 2.05) is 12.1 Å². The summed E-state index contributed by atoms with van der Waals surface area (Å²) >= 11 is 3.50. The lowest BCUT2D eigenvalue weighted by Gasteiger charge is -2.19. The van der Waals surface area contributed by atoms with Gasteiger partial charge in [0.15, 0.2) is 0 Å². The number of benzene rings is 2. The van der Waals surface area contributed by atoms with Crippen molar-refractivity contribution in [1.82, 2.24) is 9.80 Å². The molecule has 142 valence electrons. The van der Waals surface area contributed by atoms with Crippen molar-refractivity contribution in [3.8, 4) is 5.75 Å². The van der Waals surface area contributed by atoms with Gasteiger partial charge in [-0.25, -0.2) is 0 Å². The number of carbonyl (C=O) groups is 2. The summed E-state index contributed by atoms with van der Waals surface area (Å²) in [6.07, 6.45) is 1.69. The average Bonchev–Trinajstić information content (AvgIpc) is 2.90. The molecule has 2 aromatic carbocycles. The number of hydrogen-bond donors (Lipinski definition) is 0. The summed E-state index contributed by atoms with van der Waals surface area (Å²) in [7, 11) is 3.73. The number of methoxy groups -OCH3 is 1. The second-order valence-electron chi connectivity index (χ2n) is 6.71. The molecule has 1 heterocycles. The molecule has 0 atom stereocenters. The van der Waals surface area contributed by atoms with Gasteiger partial charge in [0, 0.05) is 23.1 Å². The molecule has 2 aromatic rings. The first kappa shape index (κ1) is 19.6. The topological polar surface area (TPSA) is 49.9 Å². The number of unbranched alkanes of at least 4 members (excludes halogenated alkanes) is 1. The summed E-state index contributed by atoms with van der Waals surface area (Å²) in [6, 6.07) is 13.0. The van der Waals surface area contributed by atoms with Gasteiger partial charge in [-0.1, -0.05) is 28.1 Å². The first-order valence-corrected chi connectivity index (χ1v) is 9.76. The highest BCUT2D eigenvalue weighted by Gasteiger charge is 2.34. The van der Waals surface area contributed by atoms with Gasteiger partial charge in [0.25, 0.3) is 11.8 Å². The van der Waals surface area contributed by atoms with Crippen LogP contribution < -0.4 is 4.74 Å². The minimum Gasteiger partial charge on any atom is -0.496 e. The van der Waals surface area contributed by atoms with Crippen molar-refractivity contribution in [2.75, 3.05) is 27.2 Å². The Kier molecular flexibility index (Phi) is 6.29. The number of amides is 2. The zero-order valence-electron chi connectivity index (χ0n) is 15.6. The maximum atomic E-state index is 12.4. The van der Waals surface area contributed by atoms with E-state index in [9.17, 15) is 9.59 Å². The second-order valence-corrected chi connectivity index (χ2v) is 7.62. The van der Waals surface area contributed by atoms with E-state index >= 15 is 0 Å². The van der Waals surface area contributed by atoms with Crippen LogP contribution in [-0.2, 0) is 6.54 Å². The molecule has 27 heavy (non-hydrogen) atoms. The van der Waals surface area contributed by atoms with Crippen LogP contribution in [0.4, 0.5) is 0 Å². The van der Waals surface area contributed by atoms with Crippen molar-refractivity contribution in [1.29, 1.82) is 0 Å². The summed E-state index contributed by atoms with van der Waals surface area (Å²) in [5.74, 6) is 0.515. The predicted octanol–water partition coefficient (Wildman–Crippen LogP) is 3.97. The number of nitrogens with zero attached hydrogens (tertiary/aromatic N) is 2. The SMILES string of the molecule is COc1ccc(Br)cc1CN(C)CCCCN1C(=O)c2ccccc2C1=O.